The van der Waals surface area contributed by atoms with Crippen molar-refractivity contribution in [2.45, 2.75) is 33.1 Å². The van der Waals surface area contributed by atoms with Gasteiger partial charge in [-0.25, -0.2) is 0 Å². The summed E-state index contributed by atoms with van der Waals surface area (Å²) in [5.41, 5.74) is 4.71. The van der Waals surface area contributed by atoms with Gasteiger partial charge in [0.1, 0.15) is 5.41 Å². The molecule has 1 aliphatic rings. The minimum absolute atomic E-state index is 0.0514. The fourth-order valence-corrected chi connectivity index (χ4v) is 2.58. The van der Waals surface area contributed by atoms with Crippen LogP contribution in [0.3, 0.4) is 0 Å². The van der Waals surface area contributed by atoms with Crippen LogP contribution in [0.4, 0.5) is 0 Å². The molecule has 2 amide bonds. The van der Waals surface area contributed by atoms with E-state index in [9.17, 15) is 9.59 Å². The molecule has 1 rings (SSSR count). The van der Waals surface area contributed by atoms with Crippen molar-refractivity contribution in [3.8, 4) is 0 Å². The van der Waals surface area contributed by atoms with Crippen LogP contribution in [0.2, 0.25) is 0 Å². The van der Waals surface area contributed by atoms with E-state index in [1.807, 2.05) is 13.8 Å². The fourth-order valence-electron chi connectivity index (χ4n) is 2.58. The van der Waals surface area contributed by atoms with Gasteiger partial charge in [-0.05, 0) is 19.3 Å². The normalized spacial score (nSPS) is 18.1. The van der Waals surface area contributed by atoms with Crippen LogP contribution in [-0.4, -0.2) is 59.3 Å². The molecule has 20 heavy (non-hydrogen) atoms. The van der Waals surface area contributed by atoms with Crippen LogP contribution in [0.5, 0.6) is 0 Å². The Morgan fingerprint density at radius 1 is 1.40 bits per heavy atom. The predicted molar refractivity (Wildman–Crippen MR) is 75.3 cm³/mol. The van der Waals surface area contributed by atoms with E-state index in [1.165, 1.54) is 4.90 Å². The van der Waals surface area contributed by atoms with Crippen molar-refractivity contribution in [3.05, 3.63) is 0 Å². The smallest absolute Gasteiger partial charge is 0.241 e. The zero-order chi connectivity index (χ0) is 15.3. The van der Waals surface area contributed by atoms with E-state index in [0.717, 1.165) is 6.42 Å². The lowest BCUT2D eigenvalue weighted by Crippen LogP contribution is -2.52. The first-order valence-corrected chi connectivity index (χ1v) is 6.94. The van der Waals surface area contributed by atoms with Crippen LogP contribution in [-0.2, 0) is 9.59 Å². The molecule has 0 saturated carbocycles. The van der Waals surface area contributed by atoms with Crippen molar-refractivity contribution >= 4 is 17.6 Å². The van der Waals surface area contributed by atoms with Crippen LogP contribution < -0.4 is 5.73 Å². The maximum Gasteiger partial charge on any atom is 0.241 e. The molecule has 0 spiro atoms. The van der Waals surface area contributed by atoms with Crippen LogP contribution in [0.1, 0.15) is 33.1 Å². The topological polar surface area (TPSA) is 99.2 Å². The van der Waals surface area contributed by atoms with Crippen molar-refractivity contribution in [1.29, 1.82) is 0 Å². The van der Waals surface area contributed by atoms with Crippen molar-refractivity contribution in [2.75, 3.05) is 26.7 Å². The Morgan fingerprint density at radius 3 is 2.50 bits per heavy atom. The summed E-state index contributed by atoms with van der Waals surface area (Å²) in [5, 5.41) is 12.0. The van der Waals surface area contributed by atoms with E-state index in [1.54, 1.807) is 11.9 Å². The van der Waals surface area contributed by atoms with E-state index in [-0.39, 0.29) is 24.2 Å². The van der Waals surface area contributed by atoms with Gasteiger partial charge in [0.05, 0.1) is 6.54 Å². The second-order valence-corrected chi connectivity index (χ2v) is 5.17. The molecule has 3 N–H and O–H groups in total. The molecule has 7 nitrogen and oxygen atoms in total. The predicted octanol–water partition coefficient (Wildman–Crippen LogP) is 0.230. The number of carbonyl (C=O) groups excluding carboxylic acids is 2. The first-order chi connectivity index (χ1) is 9.42. The summed E-state index contributed by atoms with van der Waals surface area (Å²) >= 11 is 0. The number of likely N-dealkylation sites (N-methyl/N-ethyl adjacent to an activating group) is 1. The summed E-state index contributed by atoms with van der Waals surface area (Å²) in [6, 6.07) is 0. The molecule has 0 aliphatic carbocycles. The van der Waals surface area contributed by atoms with Gasteiger partial charge in [0.2, 0.25) is 11.8 Å². The van der Waals surface area contributed by atoms with Gasteiger partial charge in [0.15, 0.2) is 5.84 Å². The average Bonchev–Trinajstić information content (AvgIpc) is 2.62. The third-order valence-corrected chi connectivity index (χ3v) is 4.18. The molecule has 1 fully saturated rings. The number of hydrogen-bond acceptors (Lipinski definition) is 4. The largest absolute Gasteiger partial charge is 0.409 e. The van der Waals surface area contributed by atoms with Crippen LogP contribution in [0, 0.1) is 5.41 Å². The van der Waals surface area contributed by atoms with Crippen molar-refractivity contribution in [2.24, 2.45) is 16.3 Å². The lowest BCUT2D eigenvalue weighted by atomic mass is 9.79. The first kappa shape index (κ1) is 16.3. The lowest BCUT2D eigenvalue weighted by molar-refractivity contribution is -0.143. The molecule has 0 radical (unpaired) electrons. The van der Waals surface area contributed by atoms with Gasteiger partial charge in [-0.3, -0.25) is 9.59 Å². The quantitative estimate of drug-likeness (QED) is 0.334. The number of carbonyl (C=O) groups is 2. The summed E-state index contributed by atoms with van der Waals surface area (Å²) < 4.78 is 0. The molecular weight excluding hydrogens is 260 g/mol. The summed E-state index contributed by atoms with van der Waals surface area (Å²) in [6.07, 6.45) is 1.59. The summed E-state index contributed by atoms with van der Waals surface area (Å²) in [5.74, 6) is -0.407. The van der Waals surface area contributed by atoms with Crippen molar-refractivity contribution in [3.63, 3.8) is 0 Å². The molecule has 0 aromatic heterocycles. The number of nitrogens with zero attached hydrogens (tertiary/aromatic N) is 3. The second kappa shape index (κ2) is 6.58. The number of amides is 2. The standard InChI is InChI=1S/C13H24N4O3/c1-4-13(5-2,11(14)15-20)12(19)17-8-6-7-16(3)10(18)9-17/h20H,4-9H2,1-3H3,(H2,14,15). The number of amidine groups is 1. The Labute approximate surface area is 119 Å². The van der Waals surface area contributed by atoms with Crippen LogP contribution >= 0.6 is 0 Å². The maximum atomic E-state index is 12.8. The highest BCUT2D eigenvalue weighted by Gasteiger charge is 2.43. The molecule has 0 atom stereocenters. The van der Waals surface area contributed by atoms with Gasteiger partial charge in [-0.15, -0.1) is 0 Å². The molecule has 1 saturated heterocycles. The van der Waals surface area contributed by atoms with Crippen LogP contribution in [0.15, 0.2) is 5.16 Å². The molecule has 0 aromatic carbocycles. The minimum atomic E-state index is -1.03. The van der Waals surface area contributed by atoms with Gasteiger partial charge in [-0.2, -0.15) is 0 Å². The third kappa shape index (κ3) is 2.86. The summed E-state index contributed by atoms with van der Waals surface area (Å²) in [6.45, 7) is 4.85. The Morgan fingerprint density at radius 2 is 2.00 bits per heavy atom. The molecule has 0 aromatic rings. The van der Waals surface area contributed by atoms with Crippen molar-refractivity contribution in [1.82, 2.24) is 9.80 Å². The number of hydrogen-bond donors (Lipinski definition) is 2. The Hall–Kier alpha value is -1.79. The first-order valence-electron chi connectivity index (χ1n) is 6.94. The van der Waals surface area contributed by atoms with Gasteiger partial charge < -0.3 is 20.7 Å². The highest BCUT2D eigenvalue weighted by Crippen LogP contribution is 2.30. The minimum Gasteiger partial charge on any atom is -0.409 e. The SMILES string of the molecule is CCC(CC)(C(=O)N1CCCN(C)C(=O)C1)C(N)=NO. The Kier molecular flexibility index (Phi) is 5.35. The molecular formula is C13H24N4O3. The zero-order valence-electron chi connectivity index (χ0n) is 12.4. The van der Waals surface area contributed by atoms with E-state index < -0.39 is 5.41 Å². The van der Waals surface area contributed by atoms with Gasteiger partial charge in [0.25, 0.3) is 0 Å². The molecule has 114 valence electrons. The summed E-state index contributed by atoms with van der Waals surface area (Å²) in [7, 11) is 1.73. The molecule has 0 unspecified atom stereocenters. The Balaban J connectivity index is 3.03. The summed E-state index contributed by atoms with van der Waals surface area (Å²) in [4.78, 5) is 27.8. The zero-order valence-corrected chi connectivity index (χ0v) is 12.4. The number of nitrogens with two attached hydrogens (primary N) is 1. The lowest BCUT2D eigenvalue weighted by Gasteiger charge is -2.34. The molecule has 1 heterocycles. The molecule has 1 aliphatic heterocycles. The van der Waals surface area contributed by atoms with E-state index in [2.05, 4.69) is 5.16 Å². The number of rotatable bonds is 4. The van der Waals surface area contributed by atoms with E-state index in [4.69, 9.17) is 10.9 Å². The van der Waals surface area contributed by atoms with Crippen molar-refractivity contribution < 1.29 is 14.8 Å². The monoisotopic (exact) mass is 284 g/mol. The van der Waals surface area contributed by atoms with Gasteiger partial charge >= 0.3 is 0 Å². The highest BCUT2D eigenvalue weighted by atomic mass is 16.4. The van der Waals surface area contributed by atoms with Gasteiger partial charge in [0, 0.05) is 20.1 Å². The van der Waals surface area contributed by atoms with E-state index in [0.29, 0.717) is 25.9 Å². The van der Waals surface area contributed by atoms with Crippen LogP contribution in [0.25, 0.3) is 0 Å². The second-order valence-electron chi connectivity index (χ2n) is 5.17. The fraction of sp³-hybridized carbons (Fsp3) is 0.769. The third-order valence-electron chi connectivity index (χ3n) is 4.18. The molecule has 0 bridgehead atoms. The number of oxime groups is 1. The van der Waals surface area contributed by atoms with E-state index >= 15 is 0 Å². The maximum absolute atomic E-state index is 12.8. The molecule has 7 heteroatoms. The highest BCUT2D eigenvalue weighted by molar-refractivity contribution is 6.07. The average molecular weight is 284 g/mol. The Bertz CT molecular complexity index is 404. The van der Waals surface area contributed by atoms with Gasteiger partial charge in [-0.1, -0.05) is 19.0 Å².